The number of aliphatic imine (C=N–C) groups is 1. The summed E-state index contributed by atoms with van der Waals surface area (Å²) in [5, 5.41) is 22.9. The molecule has 0 aliphatic carbocycles. The van der Waals surface area contributed by atoms with Crippen molar-refractivity contribution in [2.75, 3.05) is 11.8 Å². The van der Waals surface area contributed by atoms with Crippen molar-refractivity contribution in [1.29, 1.82) is 5.26 Å². The molecule has 7 aromatic rings. The highest BCUT2D eigenvalue weighted by atomic mass is 35.5. The van der Waals surface area contributed by atoms with Crippen molar-refractivity contribution in [1.82, 2.24) is 25.1 Å². The number of amides is 1. The summed E-state index contributed by atoms with van der Waals surface area (Å²) in [6, 6.07) is 24.3. The third-order valence-electron chi connectivity index (χ3n) is 10.6. The molecule has 8 rings (SSSR count). The van der Waals surface area contributed by atoms with Crippen molar-refractivity contribution >= 4 is 67.1 Å². The van der Waals surface area contributed by atoms with E-state index in [0.717, 1.165) is 49.0 Å². The highest BCUT2D eigenvalue weighted by Gasteiger charge is 2.32. The molecular formula is C44H37ClN8O5S2. The van der Waals surface area contributed by atoms with Gasteiger partial charge in [-0.25, -0.2) is 8.42 Å². The first kappa shape index (κ1) is 40.2. The number of carbonyl (C=O) groups is 2. The highest BCUT2D eigenvalue weighted by Crippen LogP contribution is 2.40. The van der Waals surface area contributed by atoms with Gasteiger partial charge in [-0.05, 0) is 85.8 Å². The number of ether oxygens (including phenoxy) is 1. The van der Waals surface area contributed by atoms with E-state index in [0.29, 0.717) is 39.4 Å². The number of nitrogens with one attached hydrogen (secondary N) is 3. The Labute approximate surface area is 354 Å². The number of fused-ring (bicyclic) bond motifs is 4. The van der Waals surface area contributed by atoms with E-state index in [1.54, 1.807) is 53.9 Å². The number of sulfonamides is 1. The molecule has 13 nitrogen and oxygen atoms in total. The Bertz CT molecular complexity index is 3050. The smallest absolute Gasteiger partial charge is 0.308 e. The maximum Gasteiger partial charge on any atom is 0.308 e. The molecule has 60 heavy (non-hydrogen) atoms. The lowest BCUT2D eigenvalue weighted by Gasteiger charge is -2.13. The van der Waals surface area contributed by atoms with Crippen molar-refractivity contribution in [2.45, 2.75) is 51.6 Å². The zero-order valence-electron chi connectivity index (χ0n) is 33.0. The van der Waals surface area contributed by atoms with Crippen molar-refractivity contribution in [3.8, 4) is 22.2 Å². The van der Waals surface area contributed by atoms with Gasteiger partial charge in [-0.15, -0.1) is 21.5 Å². The van der Waals surface area contributed by atoms with Crippen molar-refractivity contribution < 1.29 is 22.7 Å². The van der Waals surface area contributed by atoms with E-state index in [2.05, 4.69) is 45.1 Å². The second-order valence-electron chi connectivity index (χ2n) is 14.4. The molecule has 3 aromatic heterocycles. The Morgan fingerprint density at radius 3 is 2.38 bits per heavy atom. The summed E-state index contributed by atoms with van der Waals surface area (Å²) in [5.41, 5.74) is 8.43. The van der Waals surface area contributed by atoms with Crippen LogP contribution in [0.5, 0.6) is 0 Å². The number of hydrogen-bond acceptors (Lipinski definition) is 10. The number of carbonyl (C=O) groups excluding carboxylic acids is 2. The molecular weight excluding hydrogens is 820 g/mol. The Hall–Kier alpha value is -6.60. The molecule has 1 atom stereocenters. The van der Waals surface area contributed by atoms with Gasteiger partial charge in [0.25, 0.3) is 15.9 Å². The third-order valence-corrected chi connectivity index (χ3v) is 13.5. The second-order valence-corrected chi connectivity index (χ2v) is 17.7. The first-order chi connectivity index (χ1) is 28.8. The Morgan fingerprint density at radius 2 is 1.68 bits per heavy atom. The number of aromatic amines is 1. The van der Waals surface area contributed by atoms with Crippen LogP contribution >= 0.6 is 22.9 Å². The van der Waals surface area contributed by atoms with Gasteiger partial charge in [-0.2, -0.15) is 5.26 Å². The number of aryl methyl sites for hydroxylation is 3. The predicted molar refractivity (Wildman–Crippen MR) is 232 cm³/mol. The van der Waals surface area contributed by atoms with Crippen LogP contribution in [0, 0.1) is 39.0 Å². The van der Waals surface area contributed by atoms with Crippen molar-refractivity contribution in [3.05, 3.63) is 146 Å². The Balaban J connectivity index is 0.964. The van der Waals surface area contributed by atoms with Crippen molar-refractivity contribution in [3.63, 3.8) is 0 Å². The number of H-pyrrole nitrogens is 1. The minimum Gasteiger partial charge on any atom is -0.469 e. The fraction of sp³-hybridized carbons (Fsp3) is 0.182. The fourth-order valence-electron chi connectivity index (χ4n) is 7.33. The minimum absolute atomic E-state index is 0.00952. The lowest BCUT2D eigenvalue weighted by molar-refractivity contribution is -0.141. The summed E-state index contributed by atoms with van der Waals surface area (Å²) in [5.74, 6) is 0.498. The number of methoxy groups -OCH3 is 1. The number of halogens is 1. The summed E-state index contributed by atoms with van der Waals surface area (Å²) in [6.07, 6.45) is 1.56. The van der Waals surface area contributed by atoms with E-state index in [1.165, 1.54) is 19.2 Å². The number of benzene rings is 4. The van der Waals surface area contributed by atoms with Crippen LogP contribution in [0.2, 0.25) is 5.02 Å². The molecule has 0 fully saturated rings. The highest BCUT2D eigenvalue weighted by molar-refractivity contribution is 7.92. The van der Waals surface area contributed by atoms with E-state index in [-0.39, 0.29) is 34.4 Å². The van der Waals surface area contributed by atoms with Gasteiger partial charge in [-0.1, -0.05) is 60.1 Å². The minimum atomic E-state index is -3.96. The average molecular weight is 857 g/mol. The molecule has 0 saturated carbocycles. The lowest BCUT2D eigenvalue weighted by Crippen LogP contribution is -2.23. The van der Waals surface area contributed by atoms with Crippen LogP contribution in [-0.4, -0.2) is 52.9 Å². The summed E-state index contributed by atoms with van der Waals surface area (Å²) in [7, 11) is -2.61. The lowest BCUT2D eigenvalue weighted by atomic mass is 9.96. The molecule has 0 saturated heterocycles. The number of nitrogens with zero attached hydrogens (tertiary/aromatic N) is 5. The zero-order valence-corrected chi connectivity index (χ0v) is 35.4. The normalized spacial score (nSPS) is 13.5. The Morgan fingerprint density at radius 1 is 0.967 bits per heavy atom. The van der Waals surface area contributed by atoms with E-state index in [4.69, 9.17) is 21.3 Å². The van der Waals surface area contributed by atoms with Gasteiger partial charge in [-0.3, -0.25) is 23.9 Å². The first-order valence-electron chi connectivity index (χ1n) is 18.8. The number of thiophene rings is 1. The molecule has 0 unspecified atom stereocenters. The first-order valence-corrected chi connectivity index (χ1v) is 21.4. The maximum absolute atomic E-state index is 13.3. The number of hydrogen-bond donors (Lipinski definition) is 3. The van der Waals surface area contributed by atoms with Gasteiger partial charge >= 0.3 is 5.97 Å². The van der Waals surface area contributed by atoms with Crippen LogP contribution in [0.4, 0.5) is 5.69 Å². The molecule has 1 aliphatic rings. The quantitative estimate of drug-likeness (QED) is 0.115. The van der Waals surface area contributed by atoms with Crippen molar-refractivity contribution in [2.24, 2.45) is 4.99 Å². The number of esters is 1. The number of nitriles is 1. The van der Waals surface area contributed by atoms with Crippen LogP contribution < -0.4 is 10.0 Å². The fourth-order valence-corrected chi connectivity index (χ4v) is 9.88. The molecule has 0 bridgehead atoms. The number of rotatable bonds is 10. The molecule has 0 radical (unpaired) electrons. The second kappa shape index (κ2) is 15.9. The summed E-state index contributed by atoms with van der Waals surface area (Å²) in [6.45, 7) is 8.01. The van der Waals surface area contributed by atoms with Gasteiger partial charge < -0.3 is 15.0 Å². The van der Waals surface area contributed by atoms with E-state index < -0.39 is 22.0 Å². The average Bonchev–Trinajstić information content (AvgIpc) is 3.92. The SMILES string of the molecule is COC(=O)C[C@@H]1N=C(c2ccc(-c3ccc(C(=O)NCc4ccc(S(=O)(=O)Nc5ccc(C)c6c(C#N)c[nH]c56)cc4)c(Cl)c3)cc2)c2c(sc(C)c2C)-n2c(C)nnc21. The molecule has 3 N–H and O–H groups in total. The van der Waals surface area contributed by atoms with Crippen LogP contribution in [0.15, 0.2) is 94.9 Å². The molecule has 0 spiro atoms. The summed E-state index contributed by atoms with van der Waals surface area (Å²) < 4.78 is 36.2. The van der Waals surface area contributed by atoms with Gasteiger partial charge in [0, 0.05) is 34.1 Å². The predicted octanol–water partition coefficient (Wildman–Crippen LogP) is 8.42. The van der Waals surface area contributed by atoms with E-state index in [1.807, 2.05) is 48.7 Å². The molecule has 1 aliphatic heterocycles. The van der Waals surface area contributed by atoms with Gasteiger partial charge in [0.2, 0.25) is 0 Å². The molecule has 302 valence electrons. The van der Waals surface area contributed by atoms with Gasteiger partial charge in [0.1, 0.15) is 22.9 Å². The van der Waals surface area contributed by atoms with Crippen LogP contribution in [0.3, 0.4) is 0 Å². The number of anilines is 1. The van der Waals surface area contributed by atoms with Gasteiger partial charge in [0.15, 0.2) is 5.82 Å². The standard InChI is InChI=1S/C44H37ClN8O5S2/c1-23-6-17-35(41-38(23)31(20-46)22-47-41)52-60(56,57)32-14-7-27(8-15-32)21-48-43(55)33-16-13-30(18-34(33)45)28-9-11-29(12-10-28)40-39-24(2)25(3)59-44(39)53-26(4)50-51-42(53)36(49-40)19-37(54)58-5/h6-18,22,36,47,52H,19,21H2,1-5H3,(H,48,55)/t36-/m0/s1. The summed E-state index contributed by atoms with van der Waals surface area (Å²) >= 11 is 8.32. The maximum atomic E-state index is 13.3. The van der Waals surface area contributed by atoms with Crippen LogP contribution in [0.25, 0.3) is 27.0 Å². The molecule has 1 amide bonds. The number of aromatic nitrogens is 4. The van der Waals surface area contributed by atoms with Crippen LogP contribution in [0.1, 0.15) is 72.7 Å². The third kappa shape index (κ3) is 7.34. The van der Waals surface area contributed by atoms with E-state index in [9.17, 15) is 23.3 Å². The topological polar surface area (TPSA) is 184 Å². The monoisotopic (exact) mass is 856 g/mol. The molecule has 4 heterocycles. The Kier molecular flexibility index (Phi) is 10.6. The molecule has 16 heteroatoms. The van der Waals surface area contributed by atoms with Crippen LogP contribution in [-0.2, 0) is 26.1 Å². The van der Waals surface area contributed by atoms with Gasteiger partial charge in [0.05, 0.1) is 51.5 Å². The summed E-state index contributed by atoms with van der Waals surface area (Å²) in [4.78, 5) is 35.1. The largest absolute Gasteiger partial charge is 0.469 e. The zero-order chi connectivity index (χ0) is 42.5. The molecule has 4 aromatic carbocycles. The van der Waals surface area contributed by atoms with E-state index >= 15 is 0 Å².